The molecule has 6 nitrogen and oxygen atoms in total. The van der Waals surface area contributed by atoms with Gasteiger partial charge in [-0.25, -0.2) is 13.6 Å². The van der Waals surface area contributed by atoms with E-state index in [4.69, 9.17) is 10.2 Å². The number of benzene rings is 1. The second-order valence-electron chi connectivity index (χ2n) is 4.29. The average Bonchev–Trinajstić information content (AvgIpc) is 2.34. The van der Waals surface area contributed by atoms with Gasteiger partial charge in [0.15, 0.2) is 0 Å². The highest BCUT2D eigenvalue weighted by Gasteiger charge is 2.22. The molecule has 0 spiro atoms. The summed E-state index contributed by atoms with van der Waals surface area (Å²) in [6.45, 7) is 3.46. The molecule has 0 fully saturated rings. The van der Waals surface area contributed by atoms with E-state index in [1.165, 1.54) is 11.0 Å². The van der Waals surface area contributed by atoms with E-state index < -0.39 is 16.0 Å². The van der Waals surface area contributed by atoms with Crippen molar-refractivity contribution in [3.8, 4) is 0 Å². The summed E-state index contributed by atoms with van der Waals surface area (Å²) in [5, 5.41) is 14.1. The Balaban J connectivity index is 3.34. The Morgan fingerprint density at radius 3 is 2.47 bits per heavy atom. The third kappa shape index (κ3) is 3.93. The summed E-state index contributed by atoms with van der Waals surface area (Å²) in [6, 6.07) is 6.04. The van der Waals surface area contributed by atoms with E-state index in [1.54, 1.807) is 18.2 Å². The van der Waals surface area contributed by atoms with Crippen LogP contribution in [0.5, 0.6) is 0 Å². The van der Waals surface area contributed by atoms with Gasteiger partial charge in [-0.15, -0.1) is 0 Å². The van der Waals surface area contributed by atoms with Crippen LogP contribution < -0.4 is 10.0 Å². The Labute approximate surface area is 112 Å². The van der Waals surface area contributed by atoms with Gasteiger partial charge >= 0.3 is 5.97 Å². The van der Waals surface area contributed by atoms with Crippen molar-refractivity contribution in [1.82, 2.24) is 0 Å². The molecule has 106 valence electrons. The highest BCUT2D eigenvalue weighted by Crippen LogP contribution is 2.26. The molecule has 0 bridgehead atoms. The van der Waals surface area contributed by atoms with E-state index >= 15 is 0 Å². The Hall–Kier alpha value is -1.60. The maximum Gasteiger partial charge on any atom is 0.323 e. The van der Waals surface area contributed by atoms with E-state index in [0.29, 0.717) is 12.1 Å². The summed E-state index contributed by atoms with van der Waals surface area (Å²) in [4.78, 5) is 12.4. The van der Waals surface area contributed by atoms with Gasteiger partial charge in [0.2, 0.25) is 10.0 Å². The number of rotatable bonds is 6. The lowest BCUT2D eigenvalue weighted by molar-refractivity contribution is -0.135. The number of hydrogen-bond donors (Lipinski definition) is 2. The van der Waals surface area contributed by atoms with Gasteiger partial charge in [0.25, 0.3) is 0 Å². The summed E-state index contributed by atoms with van der Waals surface area (Å²) in [5.74, 6) is -1.02. The predicted octanol–water partition coefficient (Wildman–Crippen LogP) is 1.02. The van der Waals surface area contributed by atoms with E-state index in [1.807, 2.05) is 13.8 Å². The van der Waals surface area contributed by atoms with Crippen LogP contribution in [0, 0.1) is 0 Å². The SMILES string of the molecule is CCC(C)N(CC(=O)O)c1ccccc1S(N)(=O)=O. The van der Waals surface area contributed by atoms with Crippen LogP contribution in [0.4, 0.5) is 5.69 Å². The van der Waals surface area contributed by atoms with Crippen molar-refractivity contribution in [2.75, 3.05) is 11.4 Å². The zero-order valence-electron chi connectivity index (χ0n) is 10.9. The lowest BCUT2D eigenvalue weighted by Gasteiger charge is -2.30. The third-order valence-corrected chi connectivity index (χ3v) is 3.87. The van der Waals surface area contributed by atoms with Crippen LogP contribution in [-0.4, -0.2) is 32.1 Å². The van der Waals surface area contributed by atoms with E-state index in [-0.39, 0.29) is 17.5 Å². The maximum absolute atomic E-state index is 11.6. The van der Waals surface area contributed by atoms with Gasteiger partial charge in [-0.1, -0.05) is 19.1 Å². The van der Waals surface area contributed by atoms with E-state index in [9.17, 15) is 13.2 Å². The van der Waals surface area contributed by atoms with Gasteiger partial charge in [0.05, 0.1) is 5.69 Å². The summed E-state index contributed by atoms with van der Waals surface area (Å²) >= 11 is 0. The molecule has 1 atom stereocenters. The summed E-state index contributed by atoms with van der Waals surface area (Å²) < 4.78 is 23.1. The molecule has 1 rings (SSSR count). The zero-order valence-corrected chi connectivity index (χ0v) is 11.7. The molecular weight excluding hydrogens is 268 g/mol. The van der Waals surface area contributed by atoms with Crippen molar-refractivity contribution in [1.29, 1.82) is 0 Å². The fourth-order valence-electron chi connectivity index (χ4n) is 1.78. The Morgan fingerprint density at radius 2 is 2.00 bits per heavy atom. The normalized spacial score (nSPS) is 13.0. The number of aliphatic carboxylic acids is 1. The van der Waals surface area contributed by atoms with Crippen LogP contribution in [0.25, 0.3) is 0 Å². The highest BCUT2D eigenvalue weighted by molar-refractivity contribution is 7.89. The topological polar surface area (TPSA) is 101 Å². The van der Waals surface area contributed by atoms with Gasteiger partial charge in [-0.05, 0) is 25.5 Å². The van der Waals surface area contributed by atoms with Crippen molar-refractivity contribution in [3.05, 3.63) is 24.3 Å². The molecule has 0 amide bonds. The Kier molecular flexibility index (Phi) is 4.90. The number of primary sulfonamides is 1. The molecule has 0 aromatic heterocycles. The first-order valence-corrected chi connectivity index (χ1v) is 7.42. The van der Waals surface area contributed by atoms with Gasteiger partial charge in [-0.2, -0.15) is 0 Å². The lowest BCUT2D eigenvalue weighted by Crippen LogP contribution is -2.38. The number of hydrogen-bond acceptors (Lipinski definition) is 4. The Morgan fingerprint density at radius 1 is 1.42 bits per heavy atom. The fourth-order valence-corrected chi connectivity index (χ4v) is 2.52. The molecule has 0 aliphatic heterocycles. The minimum absolute atomic E-state index is 0.0587. The molecular formula is C12H18N2O4S. The van der Waals surface area contributed by atoms with Gasteiger partial charge in [0, 0.05) is 6.04 Å². The molecule has 1 aromatic rings. The number of nitrogens with zero attached hydrogens (tertiary/aromatic N) is 1. The minimum Gasteiger partial charge on any atom is -0.480 e. The molecule has 1 unspecified atom stereocenters. The quantitative estimate of drug-likeness (QED) is 0.813. The average molecular weight is 286 g/mol. The second-order valence-corrected chi connectivity index (χ2v) is 5.82. The first kappa shape index (κ1) is 15.5. The maximum atomic E-state index is 11.6. The molecule has 0 saturated heterocycles. The molecule has 0 saturated carbocycles. The molecule has 3 N–H and O–H groups in total. The van der Waals surface area contributed by atoms with Crippen molar-refractivity contribution in [2.45, 2.75) is 31.2 Å². The van der Waals surface area contributed by atoms with Crippen LogP contribution in [0.2, 0.25) is 0 Å². The molecule has 19 heavy (non-hydrogen) atoms. The van der Waals surface area contributed by atoms with Crippen LogP contribution in [0.15, 0.2) is 29.2 Å². The van der Waals surface area contributed by atoms with Crippen molar-refractivity contribution >= 4 is 21.7 Å². The number of para-hydroxylation sites is 1. The first-order chi connectivity index (χ1) is 8.77. The summed E-state index contributed by atoms with van der Waals surface area (Å²) in [7, 11) is -3.89. The van der Waals surface area contributed by atoms with Crippen LogP contribution >= 0.6 is 0 Å². The zero-order chi connectivity index (χ0) is 14.6. The lowest BCUT2D eigenvalue weighted by atomic mass is 10.2. The van der Waals surface area contributed by atoms with Gasteiger partial charge in [-0.3, -0.25) is 4.79 Å². The number of carbonyl (C=O) groups is 1. The molecule has 7 heteroatoms. The highest BCUT2D eigenvalue weighted by atomic mass is 32.2. The molecule has 0 radical (unpaired) electrons. The van der Waals surface area contributed by atoms with Crippen LogP contribution in [-0.2, 0) is 14.8 Å². The number of sulfonamides is 1. The monoisotopic (exact) mass is 286 g/mol. The smallest absolute Gasteiger partial charge is 0.323 e. The summed E-state index contributed by atoms with van der Waals surface area (Å²) in [6.07, 6.45) is 0.687. The Bertz CT molecular complexity index is 557. The fraction of sp³-hybridized carbons (Fsp3) is 0.417. The second kappa shape index (κ2) is 6.03. The number of carboxylic acids is 1. The van der Waals surface area contributed by atoms with Crippen molar-refractivity contribution in [3.63, 3.8) is 0 Å². The van der Waals surface area contributed by atoms with Crippen LogP contribution in [0.1, 0.15) is 20.3 Å². The largest absolute Gasteiger partial charge is 0.480 e. The van der Waals surface area contributed by atoms with E-state index in [0.717, 1.165) is 0 Å². The van der Waals surface area contributed by atoms with Gasteiger partial charge < -0.3 is 10.0 Å². The van der Waals surface area contributed by atoms with Gasteiger partial charge in [0.1, 0.15) is 11.4 Å². The summed E-state index contributed by atoms with van der Waals surface area (Å²) in [5.41, 5.74) is 0.321. The third-order valence-electron chi connectivity index (χ3n) is 2.91. The first-order valence-electron chi connectivity index (χ1n) is 5.87. The minimum atomic E-state index is -3.89. The molecule has 0 aliphatic rings. The molecule has 1 aromatic carbocycles. The number of carboxylic acid groups (broad SMARTS) is 1. The standard InChI is InChI=1S/C12H18N2O4S/c1-3-9(2)14(8-12(15)16)10-6-4-5-7-11(10)19(13,17)18/h4-7,9H,3,8H2,1-2H3,(H,15,16)(H2,13,17,18). The van der Waals surface area contributed by atoms with Crippen molar-refractivity contribution < 1.29 is 18.3 Å². The molecule has 0 heterocycles. The van der Waals surface area contributed by atoms with E-state index in [2.05, 4.69) is 0 Å². The predicted molar refractivity (Wildman–Crippen MR) is 72.6 cm³/mol. The molecule has 0 aliphatic carbocycles. The van der Waals surface area contributed by atoms with Crippen LogP contribution in [0.3, 0.4) is 0 Å². The number of anilines is 1. The number of nitrogens with two attached hydrogens (primary N) is 1. The van der Waals surface area contributed by atoms with Crippen molar-refractivity contribution in [2.24, 2.45) is 5.14 Å².